The van der Waals surface area contributed by atoms with Gasteiger partial charge in [-0.1, -0.05) is 30.3 Å². The SMILES string of the molecule is Cc1ccccc1OCc1ccc(C(=O)Nc2cnn(Cc3cccc(C(F)(F)F)c3)c2)o1. The number of ether oxygens (including phenoxy) is 1. The smallest absolute Gasteiger partial charge is 0.416 e. The normalized spacial score (nSPS) is 11.4. The van der Waals surface area contributed by atoms with Crippen molar-refractivity contribution in [1.82, 2.24) is 9.78 Å². The second-order valence-electron chi connectivity index (χ2n) is 7.40. The van der Waals surface area contributed by atoms with Crippen LogP contribution in [0.5, 0.6) is 5.75 Å². The summed E-state index contributed by atoms with van der Waals surface area (Å²) in [6, 6.07) is 15.8. The van der Waals surface area contributed by atoms with E-state index in [9.17, 15) is 18.0 Å². The molecule has 1 amide bonds. The van der Waals surface area contributed by atoms with Crippen LogP contribution in [0.2, 0.25) is 0 Å². The Kier molecular flexibility index (Phi) is 6.21. The monoisotopic (exact) mass is 455 g/mol. The molecule has 0 spiro atoms. The summed E-state index contributed by atoms with van der Waals surface area (Å²) in [4.78, 5) is 12.5. The highest BCUT2D eigenvalue weighted by atomic mass is 19.4. The predicted octanol–water partition coefficient (Wildman–Crippen LogP) is 5.68. The van der Waals surface area contributed by atoms with Crippen molar-refractivity contribution in [3.63, 3.8) is 0 Å². The summed E-state index contributed by atoms with van der Waals surface area (Å²) >= 11 is 0. The lowest BCUT2D eigenvalue weighted by molar-refractivity contribution is -0.137. The van der Waals surface area contributed by atoms with Gasteiger partial charge in [-0.2, -0.15) is 18.3 Å². The molecule has 2 aromatic carbocycles. The molecular weight excluding hydrogens is 435 g/mol. The van der Waals surface area contributed by atoms with Crippen molar-refractivity contribution in [2.75, 3.05) is 5.32 Å². The molecule has 0 aliphatic rings. The van der Waals surface area contributed by atoms with Crippen molar-refractivity contribution < 1.29 is 27.1 Å². The third kappa shape index (κ3) is 5.62. The van der Waals surface area contributed by atoms with Crippen LogP contribution >= 0.6 is 0 Å². The number of hydrogen-bond acceptors (Lipinski definition) is 4. The molecule has 9 heteroatoms. The van der Waals surface area contributed by atoms with E-state index in [0.29, 0.717) is 17.0 Å². The van der Waals surface area contributed by atoms with Crippen molar-refractivity contribution in [2.24, 2.45) is 0 Å². The van der Waals surface area contributed by atoms with Crippen molar-refractivity contribution in [2.45, 2.75) is 26.3 Å². The molecule has 2 heterocycles. The largest absolute Gasteiger partial charge is 0.485 e. The first-order valence-corrected chi connectivity index (χ1v) is 10.0. The first kappa shape index (κ1) is 22.2. The minimum atomic E-state index is -4.41. The lowest BCUT2D eigenvalue weighted by Gasteiger charge is -2.08. The van der Waals surface area contributed by atoms with E-state index < -0.39 is 17.6 Å². The van der Waals surface area contributed by atoms with E-state index >= 15 is 0 Å². The number of hydrogen-bond donors (Lipinski definition) is 1. The summed E-state index contributed by atoms with van der Waals surface area (Å²) in [5.74, 6) is 0.844. The summed E-state index contributed by atoms with van der Waals surface area (Å²) in [5, 5.41) is 6.76. The van der Waals surface area contributed by atoms with Gasteiger partial charge >= 0.3 is 6.18 Å². The first-order valence-electron chi connectivity index (χ1n) is 10.0. The van der Waals surface area contributed by atoms with Crippen molar-refractivity contribution in [3.05, 3.63) is 101 Å². The highest BCUT2D eigenvalue weighted by Gasteiger charge is 2.30. The molecule has 4 aromatic rings. The lowest BCUT2D eigenvalue weighted by Crippen LogP contribution is -2.10. The summed E-state index contributed by atoms with van der Waals surface area (Å²) in [7, 11) is 0. The van der Waals surface area contributed by atoms with Gasteiger partial charge in [0.1, 0.15) is 18.1 Å². The molecule has 6 nitrogen and oxygen atoms in total. The van der Waals surface area contributed by atoms with E-state index in [1.807, 2.05) is 31.2 Å². The average Bonchev–Trinajstić information content (AvgIpc) is 3.42. The molecule has 0 saturated heterocycles. The Bertz CT molecular complexity index is 1260. The van der Waals surface area contributed by atoms with Gasteiger partial charge in [-0.05, 0) is 48.4 Å². The van der Waals surface area contributed by atoms with Crippen LogP contribution in [0.1, 0.15) is 33.0 Å². The van der Waals surface area contributed by atoms with Crippen LogP contribution in [0.3, 0.4) is 0 Å². The molecule has 0 radical (unpaired) electrons. The molecule has 0 aliphatic heterocycles. The number of nitrogens with one attached hydrogen (secondary N) is 1. The number of carbonyl (C=O) groups is 1. The Morgan fingerprint density at radius 3 is 2.73 bits per heavy atom. The molecule has 0 fully saturated rings. The Morgan fingerprint density at radius 2 is 1.94 bits per heavy atom. The number of aromatic nitrogens is 2. The fourth-order valence-electron chi connectivity index (χ4n) is 3.19. The number of anilines is 1. The van der Waals surface area contributed by atoms with E-state index in [1.54, 1.807) is 18.2 Å². The Balaban J connectivity index is 1.35. The Hall–Kier alpha value is -4.01. The maximum atomic E-state index is 12.9. The third-order valence-corrected chi connectivity index (χ3v) is 4.84. The predicted molar refractivity (Wildman–Crippen MR) is 115 cm³/mol. The molecule has 4 rings (SSSR count). The van der Waals surface area contributed by atoms with Gasteiger partial charge in [-0.3, -0.25) is 9.48 Å². The second-order valence-corrected chi connectivity index (χ2v) is 7.40. The molecule has 0 bridgehead atoms. The number of nitrogens with zero attached hydrogens (tertiary/aromatic N) is 2. The van der Waals surface area contributed by atoms with E-state index in [1.165, 1.54) is 23.1 Å². The van der Waals surface area contributed by atoms with Crippen LogP contribution in [0.4, 0.5) is 18.9 Å². The van der Waals surface area contributed by atoms with Gasteiger partial charge in [0.25, 0.3) is 5.91 Å². The third-order valence-electron chi connectivity index (χ3n) is 4.84. The van der Waals surface area contributed by atoms with E-state index in [0.717, 1.165) is 23.4 Å². The molecule has 2 aromatic heterocycles. The van der Waals surface area contributed by atoms with Gasteiger partial charge in [0, 0.05) is 6.20 Å². The Morgan fingerprint density at radius 1 is 1.12 bits per heavy atom. The molecule has 33 heavy (non-hydrogen) atoms. The van der Waals surface area contributed by atoms with Crippen molar-refractivity contribution in [1.29, 1.82) is 0 Å². The number of furan rings is 1. The van der Waals surface area contributed by atoms with Crippen LogP contribution in [0.15, 0.2) is 77.5 Å². The number of carbonyl (C=O) groups excluding carboxylic acids is 1. The van der Waals surface area contributed by atoms with Crippen LogP contribution in [-0.4, -0.2) is 15.7 Å². The maximum Gasteiger partial charge on any atom is 0.416 e. The zero-order valence-electron chi connectivity index (χ0n) is 17.6. The number of rotatable bonds is 7. The number of halogens is 3. The highest BCUT2D eigenvalue weighted by Crippen LogP contribution is 2.29. The van der Waals surface area contributed by atoms with Gasteiger partial charge in [0.2, 0.25) is 0 Å². The molecule has 0 aliphatic carbocycles. The number of para-hydroxylation sites is 1. The van der Waals surface area contributed by atoms with Gasteiger partial charge in [-0.15, -0.1) is 0 Å². The maximum absolute atomic E-state index is 12.9. The van der Waals surface area contributed by atoms with Crippen LogP contribution < -0.4 is 10.1 Å². The molecular formula is C24H20F3N3O3. The average molecular weight is 455 g/mol. The standard InChI is InChI=1S/C24H20F3N3O3/c1-16-5-2-3-8-21(16)32-15-20-9-10-22(33-20)23(31)29-19-12-28-30(14-19)13-17-6-4-7-18(11-17)24(25,26)27/h2-12,14H,13,15H2,1H3,(H,29,31). The summed E-state index contributed by atoms with van der Waals surface area (Å²) in [6.07, 6.45) is -1.47. The van der Waals surface area contributed by atoms with E-state index in [4.69, 9.17) is 9.15 Å². The van der Waals surface area contributed by atoms with E-state index in [2.05, 4.69) is 10.4 Å². The number of alkyl halides is 3. The number of benzene rings is 2. The number of aryl methyl sites for hydroxylation is 1. The van der Waals surface area contributed by atoms with Gasteiger partial charge in [0.05, 0.1) is 24.0 Å². The van der Waals surface area contributed by atoms with Crippen molar-refractivity contribution in [3.8, 4) is 5.75 Å². The zero-order chi connectivity index (χ0) is 23.4. The first-order chi connectivity index (χ1) is 15.8. The Labute approximate surface area is 187 Å². The van der Waals surface area contributed by atoms with Crippen LogP contribution in [0, 0.1) is 6.92 Å². The molecule has 0 saturated carbocycles. The molecule has 1 N–H and O–H groups in total. The van der Waals surface area contributed by atoms with Gasteiger partial charge in [-0.25, -0.2) is 0 Å². The van der Waals surface area contributed by atoms with Crippen LogP contribution in [0.25, 0.3) is 0 Å². The minimum Gasteiger partial charge on any atom is -0.485 e. The number of amides is 1. The van der Waals surface area contributed by atoms with Gasteiger partial charge < -0.3 is 14.5 Å². The lowest BCUT2D eigenvalue weighted by atomic mass is 10.1. The molecule has 0 unspecified atom stereocenters. The molecule has 170 valence electrons. The second kappa shape index (κ2) is 9.23. The fraction of sp³-hybridized carbons (Fsp3) is 0.167. The zero-order valence-corrected chi connectivity index (χ0v) is 17.6. The highest BCUT2D eigenvalue weighted by molar-refractivity contribution is 6.02. The minimum absolute atomic E-state index is 0.101. The van der Waals surface area contributed by atoms with Crippen LogP contribution in [-0.2, 0) is 19.3 Å². The quantitative estimate of drug-likeness (QED) is 0.389. The summed E-state index contributed by atoms with van der Waals surface area (Å²) < 4.78 is 51.4. The summed E-state index contributed by atoms with van der Waals surface area (Å²) in [5.41, 5.74) is 1.10. The van der Waals surface area contributed by atoms with Crippen molar-refractivity contribution >= 4 is 11.6 Å². The van der Waals surface area contributed by atoms with Gasteiger partial charge in [0.15, 0.2) is 5.76 Å². The molecule has 0 atom stereocenters. The summed E-state index contributed by atoms with van der Waals surface area (Å²) in [6.45, 7) is 2.23. The van der Waals surface area contributed by atoms with E-state index in [-0.39, 0.29) is 18.9 Å². The fourth-order valence-corrected chi connectivity index (χ4v) is 3.19. The topological polar surface area (TPSA) is 69.3 Å².